The second-order valence-electron chi connectivity index (χ2n) is 4.77. The van der Waals surface area contributed by atoms with Crippen LogP contribution in [0.15, 0.2) is 36.9 Å². The van der Waals surface area contributed by atoms with Crippen molar-refractivity contribution in [3.8, 4) is 0 Å². The zero-order valence-corrected chi connectivity index (χ0v) is 11.4. The summed E-state index contributed by atoms with van der Waals surface area (Å²) in [6, 6.07) is 8.13. The zero-order valence-electron chi connectivity index (χ0n) is 11.4. The highest BCUT2D eigenvalue weighted by molar-refractivity contribution is 5.66. The number of carbonyl (C=O) groups is 1. The molecule has 0 saturated carbocycles. The second-order valence-corrected chi connectivity index (χ2v) is 4.77. The number of aliphatic carboxylic acids is 1. The molecule has 0 fully saturated rings. The van der Waals surface area contributed by atoms with Crippen LogP contribution in [-0.4, -0.2) is 31.9 Å². The van der Waals surface area contributed by atoms with Gasteiger partial charge in [0.15, 0.2) is 0 Å². The molecule has 0 radical (unpaired) electrons. The van der Waals surface area contributed by atoms with Gasteiger partial charge in [0.2, 0.25) is 0 Å². The summed E-state index contributed by atoms with van der Waals surface area (Å²) in [6.45, 7) is 2.64. The van der Waals surface area contributed by atoms with Gasteiger partial charge in [-0.25, -0.2) is 9.67 Å². The molecule has 6 heteroatoms. The van der Waals surface area contributed by atoms with Crippen LogP contribution in [0.2, 0.25) is 0 Å². The van der Waals surface area contributed by atoms with E-state index in [0.717, 1.165) is 11.3 Å². The van der Waals surface area contributed by atoms with Gasteiger partial charge in [0, 0.05) is 18.2 Å². The van der Waals surface area contributed by atoms with Crippen molar-refractivity contribution in [1.82, 2.24) is 14.8 Å². The van der Waals surface area contributed by atoms with Crippen LogP contribution in [-0.2, 0) is 11.3 Å². The first-order valence-corrected chi connectivity index (χ1v) is 6.53. The van der Waals surface area contributed by atoms with Gasteiger partial charge in [-0.15, -0.1) is 0 Å². The van der Waals surface area contributed by atoms with E-state index in [1.54, 1.807) is 11.0 Å². The van der Waals surface area contributed by atoms with Gasteiger partial charge in [-0.1, -0.05) is 12.1 Å². The number of aromatic nitrogens is 3. The maximum absolute atomic E-state index is 10.5. The monoisotopic (exact) mass is 274 g/mol. The number of carboxylic acids is 1. The van der Waals surface area contributed by atoms with Gasteiger partial charge in [0.25, 0.3) is 0 Å². The summed E-state index contributed by atoms with van der Waals surface area (Å²) >= 11 is 0. The van der Waals surface area contributed by atoms with Crippen LogP contribution in [0, 0.1) is 0 Å². The van der Waals surface area contributed by atoms with Crippen molar-refractivity contribution in [2.75, 3.05) is 5.32 Å². The molecule has 1 aromatic carbocycles. The van der Waals surface area contributed by atoms with E-state index in [2.05, 4.69) is 15.4 Å². The Labute approximate surface area is 117 Å². The summed E-state index contributed by atoms with van der Waals surface area (Å²) in [4.78, 5) is 14.5. The lowest BCUT2D eigenvalue weighted by atomic mass is 10.1. The lowest BCUT2D eigenvalue weighted by Crippen LogP contribution is -2.16. The molecule has 0 aliphatic heterocycles. The number of nitrogens with zero attached hydrogens (tertiary/aromatic N) is 3. The highest BCUT2D eigenvalue weighted by atomic mass is 16.4. The molecule has 1 unspecified atom stereocenters. The quantitative estimate of drug-likeness (QED) is 0.807. The number of nitrogens with one attached hydrogen (secondary N) is 1. The topological polar surface area (TPSA) is 80.0 Å². The summed E-state index contributed by atoms with van der Waals surface area (Å²) < 4.78 is 1.76. The molecule has 0 aliphatic rings. The van der Waals surface area contributed by atoms with Crippen LogP contribution in [0.1, 0.15) is 25.3 Å². The first-order chi connectivity index (χ1) is 9.63. The average molecular weight is 274 g/mol. The van der Waals surface area contributed by atoms with Crippen LogP contribution in [0.4, 0.5) is 5.69 Å². The largest absolute Gasteiger partial charge is 0.481 e. The van der Waals surface area contributed by atoms with Gasteiger partial charge in [-0.3, -0.25) is 4.79 Å². The summed E-state index contributed by atoms with van der Waals surface area (Å²) in [7, 11) is 0. The molecule has 0 aliphatic carbocycles. The van der Waals surface area contributed by atoms with Crippen molar-refractivity contribution in [2.24, 2.45) is 0 Å². The summed E-state index contributed by atoms with van der Waals surface area (Å²) in [6.07, 6.45) is 3.96. The fourth-order valence-electron chi connectivity index (χ4n) is 1.96. The predicted molar refractivity (Wildman–Crippen MR) is 75.5 cm³/mol. The molecule has 2 N–H and O–H groups in total. The van der Waals surface area contributed by atoms with Crippen molar-refractivity contribution in [2.45, 2.75) is 32.4 Å². The minimum atomic E-state index is -0.765. The Balaban J connectivity index is 1.93. The summed E-state index contributed by atoms with van der Waals surface area (Å²) in [5, 5.41) is 16.1. The Morgan fingerprint density at radius 3 is 3.05 bits per heavy atom. The van der Waals surface area contributed by atoms with Crippen molar-refractivity contribution >= 4 is 11.7 Å². The van der Waals surface area contributed by atoms with Crippen molar-refractivity contribution in [1.29, 1.82) is 0 Å². The van der Waals surface area contributed by atoms with Gasteiger partial charge in [-0.05, 0) is 31.0 Å². The number of hydrogen-bond acceptors (Lipinski definition) is 4. The molecule has 106 valence electrons. The van der Waals surface area contributed by atoms with Crippen LogP contribution in [0.5, 0.6) is 0 Å². The lowest BCUT2D eigenvalue weighted by Gasteiger charge is -2.15. The molecule has 0 amide bonds. The molecule has 2 rings (SSSR count). The molecule has 20 heavy (non-hydrogen) atoms. The van der Waals surface area contributed by atoms with Gasteiger partial charge in [0.05, 0.1) is 6.54 Å². The fraction of sp³-hybridized carbons (Fsp3) is 0.357. The molecule has 1 atom stereocenters. The maximum atomic E-state index is 10.5. The van der Waals surface area contributed by atoms with Crippen LogP contribution >= 0.6 is 0 Å². The first-order valence-electron chi connectivity index (χ1n) is 6.53. The highest BCUT2D eigenvalue weighted by Crippen LogP contribution is 2.14. The van der Waals surface area contributed by atoms with Gasteiger partial charge >= 0.3 is 5.97 Å². The van der Waals surface area contributed by atoms with E-state index in [1.807, 2.05) is 31.2 Å². The van der Waals surface area contributed by atoms with E-state index in [0.29, 0.717) is 13.0 Å². The van der Waals surface area contributed by atoms with E-state index in [4.69, 9.17) is 5.11 Å². The fourth-order valence-corrected chi connectivity index (χ4v) is 1.96. The Hall–Kier alpha value is -2.37. The molecular weight excluding hydrogens is 256 g/mol. The number of carboxylic acid groups (broad SMARTS) is 1. The van der Waals surface area contributed by atoms with Crippen molar-refractivity contribution in [3.05, 3.63) is 42.5 Å². The van der Waals surface area contributed by atoms with E-state index >= 15 is 0 Å². The third-order valence-corrected chi connectivity index (χ3v) is 2.94. The highest BCUT2D eigenvalue weighted by Gasteiger charge is 2.06. The lowest BCUT2D eigenvalue weighted by molar-refractivity contribution is -0.137. The van der Waals surface area contributed by atoms with Gasteiger partial charge < -0.3 is 10.4 Å². The first kappa shape index (κ1) is 14.0. The summed E-state index contributed by atoms with van der Waals surface area (Å²) in [5.41, 5.74) is 2.10. The molecule has 0 saturated heterocycles. The number of hydrogen-bond donors (Lipinski definition) is 2. The minimum Gasteiger partial charge on any atom is -0.481 e. The number of anilines is 1. The second kappa shape index (κ2) is 6.70. The number of rotatable bonds is 7. The average Bonchev–Trinajstić information content (AvgIpc) is 2.89. The van der Waals surface area contributed by atoms with Crippen molar-refractivity contribution < 1.29 is 9.90 Å². The third kappa shape index (κ3) is 4.38. The zero-order chi connectivity index (χ0) is 14.4. The van der Waals surface area contributed by atoms with Gasteiger partial charge in [0.1, 0.15) is 12.7 Å². The van der Waals surface area contributed by atoms with E-state index in [-0.39, 0.29) is 12.5 Å². The normalized spacial score (nSPS) is 12.1. The van der Waals surface area contributed by atoms with Crippen LogP contribution < -0.4 is 5.32 Å². The van der Waals surface area contributed by atoms with E-state index in [1.165, 1.54) is 6.33 Å². The molecule has 1 aromatic heterocycles. The maximum Gasteiger partial charge on any atom is 0.303 e. The van der Waals surface area contributed by atoms with E-state index in [9.17, 15) is 4.79 Å². The molecule has 0 bridgehead atoms. The van der Waals surface area contributed by atoms with Crippen LogP contribution in [0.3, 0.4) is 0 Å². The van der Waals surface area contributed by atoms with E-state index < -0.39 is 5.97 Å². The molecule has 0 spiro atoms. The Kier molecular flexibility index (Phi) is 4.70. The Morgan fingerprint density at radius 2 is 2.35 bits per heavy atom. The van der Waals surface area contributed by atoms with Crippen molar-refractivity contribution in [3.63, 3.8) is 0 Å². The Morgan fingerprint density at radius 1 is 1.50 bits per heavy atom. The molecule has 1 heterocycles. The third-order valence-electron chi connectivity index (χ3n) is 2.94. The minimum absolute atomic E-state index is 0.118. The smallest absolute Gasteiger partial charge is 0.303 e. The SMILES string of the molecule is CC(CCC(=O)O)Nc1cccc(Cn2cncn2)c1. The standard InChI is InChI=1S/C14H18N4O2/c1-11(5-6-14(19)20)17-13-4-2-3-12(7-13)8-18-10-15-9-16-18/h2-4,7,9-11,17H,5-6,8H2,1H3,(H,19,20). The van der Waals surface area contributed by atoms with Gasteiger partial charge in [-0.2, -0.15) is 5.10 Å². The predicted octanol–water partition coefficient (Wildman–Crippen LogP) is 1.99. The van der Waals surface area contributed by atoms with Crippen LogP contribution in [0.25, 0.3) is 0 Å². The molecule has 2 aromatic rings. The molecular formula is C14H18N4O2. The number of benzene rings is 1. The summed E-state index contributed by atoms with van der Waals surface area (Å²) in [5.74, 6) is -0.765. The Bertz CT molecular complexity index is 554. The molecule has 6 nitrogen and oxygen atoms in total.